The Labute approximate surface area is 140 Å². The smallest absolute Gasteiger partial charge is 0.229 e. The number of para-hydroxylation sites is 1. The minimum absolute atomic E-state index is 0.0599. The van der Waals surface area contributed by atoms with Gasteiger partial charge in [0, 0.05) is 24.2 Å². The molecular formula is C18H20N2O4. The molecule has 6 nitrogen and oxygen atoms in total. The molecule has 0 saturated carbocycles. The van der Waals surface area contributed by atoms with Gasteiger partial charge in [0.25, 0.3) is 0 Å². The van der Waals surface area contributed by atoms with E-state index in [0.717, 1.165) is 0 Å². The minimum atomic E-state index is -0.679. The van der Waals surface area contributed by atoms with E-state index >= 15 is 0 Å². The zero-order valence-electron chi connectivity index (χ0n) is 13.4. The molecule has 1 fully saturated rings. The summed E-state index contributed by atoms with van der Waals surface area (Å²) in [5.74, 6) is 0.0205. The lowest BCUT2D eigenvalue weighted by Gasteiger charge is -2.16. The largest absolute Gasteiger partial charge is 0.467 e. The fraction of sp³-hybridized carbons (Fsp3) is 0.333. The molecule has 2 unspecified atom stereocenters. The van der Waals surface area contributed by atoms with Gasteiger partial charge in [-0.05, 0) is 25.1 Å². The summed E-state index contributed by atoms with van der Waals surface area (Å²) in [6, 6.07) is 10.7. The van der Waals surface area contributed by atoms with Crippen LogP contribution in [0.25, 0.3) is 0 Å². The van der Waals surface area contributed by atoms with Crippen molar-refractivity contribution in [2.45, 2.75) is 26.0 Å². The number of nitrogens with zero attached hydrogens (tertiary/aromatic N) is 1. The highest BCUT2D eigenvalue weighted by molar-refractivity contribution is 5.97. The summed E-state index contributed by atoms with van der Waals surface area (Å²) in [6.45, 7) is 2.39. The standard InChI is InChI=1S/C18H20N2O4/c1-12(21)15-6-2-3-7-16(15)19-18(23)13-9-17(22)20(10-13)11-14-5-4-8-24-14/h2-8,12-13,21H,9-11H2,1H3,(H,19,23). The lowest BCUT2D eigenvalue weighted by molar-refractivity contribution is -0.128. The summed E-state index contributed by atoms with van der Waals surface area (Å²) in [5, 5.41) is 12.6. The van der Waals surface area contributed by atoms with Crippen LogP contribution in [-0.4, -0.2) is 28.4 Å². The van der Waals surface area contributed by atoms with Gasteiger partial charge >= 0.3 is 0 Å². The number of rotatable bonds is 5. The second-order valence-corrected chi connectivity index (χ2v) is 6.01. The van der Waals surface area contributed by atoms with Gasteiger partial charge in [-0.3, -0.25) is 9.59 Å². The molecule has 1 aliphatic heterocycles. The van der Waals surface area contributed by atoms with Crippen LogP contribution in [0.1, 0.15) is 30.8 Å². The Morgan fingerprint density at radius 3 is 2.88 bits per heavy atom. The summed E-state index contributed by atoms with van der Waals surface area (Å²) < 4.78 is 5.25. The van der Waals surface area contributed by atoms with Gasteiger partial charge in [-0.1, -0.05) is 18.2 Å². The van der Waals surface area contributed by atoms with Gasteiger partial charge < -0.3 is 19.7 Å². The van der Waals surface area contributed by atoms with Crippen LogP contribution in [0, 0.1) is 5.92 Å². The van der Waals surface area contributed by atoms with Crippen molar-refractivity contribution >= 4 is 17.5 Å². The van der Waals surface area contributed by atoms with Crippen molar-refractivity contribution in [3.63, 3.8) is 0 Å². The molecule has 126 valence electrons. The number of likely N-dealkylation sites (tertiary alicyclic amines) is 1. The molecule has 1 saturated heterocycles. The molecule has 3 rings (SSSR count). The first-order valence-corrected chi connectivity index (χ1v) is 7.92. The van der Waals surface area contributed by atoms with Crippen LogP contribution in [-0.2, 0) is 16.1 Å². The number of hydrogen-bond acceptors (Lipinski definition) is 4. The van der Waals surface area contributed by atoms with Gasteiger partial charge in [-0.25, -0.2) is 0 Å². The Bertz CT molecular complexity index is 724. The van der Waals surface area contributed by atoms with E-state index in [9.17, 15) is 14.7 Å². The molecule has 0 bridgehead atoms. The summed E-state index contributed by atoms with van der Waals surface area (Å²) in [5.41, 5.74) is 1.23. The number of benzene rings is 1. The van der Waals surface area contributed by atoms with Gasteiger partial charge in [0.05, 0.1) is 24.8 Å². The van der Waals surface area contributed by atoms with Crippen LogP contribution in [0.15, 0.2) is 47.1 Å². The van der Waals surface area contributed by atoms with E-state index in [-0.39, 0.29) is 18.2 Å². The fourth-order valence-corrected chi connectivity index (χ4v) is 2.90. The van der Waals surface area contributed by atoms with Crippen LogP contribution in [0.3, 0.4) is 0 Å². The Balaban J connectivity index is 1.65. The number of nitrogens with one attached hydrogen (secondary N) is 1. The zero-order chi connectivity index (χ0) is 17.1. The van der Waals surface area contributed by atoms with Crippen molar-refractivity contribution in [1.29, 1.82) is 0 Å². The maximum Gasteiger partial charge on any atom is 0.229 e. The van der Waals surface area contributed by atoms with Crippen LogP contribution < -0.4 is 5.32 Å². The van der Waals surface area contributed by atoms with E-state index < -0.39 is 12.0 Å². The third kappa shape index (κ3) is 3.49. The topological polar surface area (TPSA) is 82.8 Å². The second-order valence-electron chi connectivity index (χ2n) is 6.01. The van der Waals surface area contributed by atoms with Crippen molar-refractivity contribution in [3.8, 4) is 0 Å². The van der Waals surface area contributed by atoms with Gasteiger partial charge in [-0.2, -0.15) is 0 Å². The lowest BCUT2D eigenvalue weighted by Crippen LogP contribution is -2.28. The molecule has 1 aromatic heterocycles. The first-order chi connectivity index (χ1) is 11.5. The molecule has 0 aliphatic carbocycles. The predicted molar refractivity (Wildman–Crippen MR) is 87.9 cm³/mol. The number of anilines is 1. The zero-order valence-corrected chi connectivity index (χ0v) is 13.4. The first-order valence-electron chi connectivity index (χ1n) is 7.92. The number of hydrogen-bond donors (Lipinski definition) is 2. The molecule has 0 spiro atoms. The highest BCUT2D eigenvalue weighted by atomic mass is 16.3. The number of aliphatic hydroxyl groups excluding tert-OH is 1. The molecule has 2 atom stereocenters. The molecule has 1 aliphatic rings. The van der Waals surface area contributed by atoms with E-state index in [1.165, 1.54) is 0 Å². The number of furan rings is 1. The molecule has 2 aromatic rings. The number of carbonyl (C=O) groups excluding carboxylic acids is 2. The summed E-state index contributed by atoms with van der Waals surface area (Å²) in [6.07, 6.45) is 1.07. The summed E-state index contributed by atoms with van der Waals surface area (Å²) >= 11 is 0. The highest BCUT2D eigenvalue weighted by Gasteiger charge is 2.34. The van der Waals surface area contributed by atoms with E-state index in [4.69, 9.17) is 4.42 Å². The Kier molecular flexibility index (Phi) is 4.66. The quantitative estimate of drug-likeness (QED) is 0.882. The van der Waals surface area contributed by atoms with Crippen molar-refractivity contribution in [3.05, 3.63) is 54.0 Å². The third-order valence-corrected chi connectivity index (χ3v) is 4.18. The summed E-state index contributed by atoms with van der Waals surface area (Å²) in [7, 11) is 0. The Morgan fingerprint density at radius 1 is 1.38 bits per heavy atom. The Hall–Kier alpha value is -2.60. The van der Waals surface area contributed by atoms with Crippen molar-refractivity contribution in [2.75, 3.05) is 11.9 Å². The number of amides is 2. The van der Waals surface area contributed by atoms with Gasteiger partial charge in [0.15, 0.2) is 0 Å². The third-order valence-electron chi connectivity index (χ3n) is 4.18. The lowest BCUT2D eigenvalue weighted by atomic mass is 10.1. The molecule has 1 aromatic carbocycles. The molecule has 6 heteroatoms. The normalized spacial score (nSPS) is 18.7. The second kappa shape index (κ2) is 6.88. The Morgan fingerprint density at radius 2 is 2.17 bits per heavy atom. The molecule has 2 heterocycles. The van der Waals surface area contributed by atoms with Crippen LogP contribution in [0.4, 0.5) is 5.69 Å². The number of aliphatic hydroxyl groups is 1. The fourth-order valence-electron chi connectivity index (χ4n) is 2.90. The molecule has 24 heavy (non-hydrogen) atoms. The highest BCUT2D eigenvalue weighted by Crippen LogP contribution is 2.25. The molecule has 0 radical (unpaired) electrons. The monoisotopic (exact) mass is 328 g/mol. The average molecular weight is 328 g/mol. The van der Waals surface area contributed by atoms with Crippen molar-refractivity contribution in [2.24, 2.45) is 5.92 Å². The van der Waals surface area contributed by atoms with Crippen molar-refractivity contribution < 1.29 is 19.1 Å². The first kappa shape index (κ1) is 16.3. The van der Waals surface area contributed by atoms with Crippen LogP contribution in [0.2, 0.25) is 0 Å². The maximum absolute atomic E-state index is 12.5. The van der Waals surface area contributed by atoms with Crippen LogP contribution in [0.5, 0.6) is 0 Å². The maximum atomic E-state index is 12.5. The molecule has 2 N–H and O–H groups in total. The van der Waals surface area contributed by atoms with Gasteiger partial charge in [0.1, 0.15) is 5.76 Å². The average Bonchev–Trinajstić information content (AvgIpc) is 3.18. The minimum Gasteiger partial charge on any atom is -0.467 e. The predicted octanol–water partition coefficient (Wildman–Crippen LogP) is 2.32. The number of carbonyl (C=O) groups is 2. The summed E-state index contributed by atoms with van der Waals surface area (Å²) in [4.78, 5) is 26.2. The molecule has 2 amide bonds. The SMILES string of the molecule is CC(O)c1ccccc1NC(=O)C1CC(=O)N(Cc2ccco2)C1. The van der Waals surface area contributed by atoms with Crippen molar-refractivity contribution in [1.82, 2.24) is 4.90 Å². The van der Waals surface area contributed by atoms with Crippen LogP contribution >= 0.6 is 0 Å². The van der Waals surface area contributed by atoms with Gasteiger partial charge in [0.2, 0.25) is 11.8 Å². The van der Waals surface area contributed by atoms with Gasteiger partial charge in [-0.15, -0.1) is 0 Å². The van der Waals surface area contributed by atoms with E-state index in [2.05, 4.69) is 5.32 Å². The van der Waals surface area contributed by atoms with E-state index in [1.54, 1.807) is 48.4 Å². The van der Waals surface area contributed by atoms with E-state index in [1.807, 2.05) is 6.07 Å². The molecular weight excluding hydrogens is 308 g/mol. The van der Waals surface area contributed by atoms with E-state index in [0.29, 0.717) is 30.1 Å².